The molecule has 1 heterocycles. The molecular formula is C12H7Cl2F2N3O2. The van der Waals surface area contributed by atoms with Crippen molar-refractivity contribution in [3.8, 4) is 0 Å². The predicted octanol–water partition coefficient (Wildman–Crippen LogP) is 3.38. The van der Waals surface area contributed by atoms with Crippen molar-refractivity contribution < 1.29 is 18.4 Å². The molecule has 0 aliphatic carbocycles. The minimum atomic E-state index is -0.962. The Morgan fingerprint density at radius 2 is 1.95 bits per heavy atom. The summed E-state index contributed by atoms with van der Waals surface area (Å²) >= 11 is 11.6. The summed E-state index contributed by atoms with van der Waals surface area (Å²) in [5.41, 5.74) is -0.605. The Morgan fingerprint density at radius 1 is 1.29 bits per heavy atom. The number of halogens is 4. The first-order valence-corrected chi connectivity index (χ1v) is 6.28. The average Bonchev–Trinajstić information content (AvgIpc) is 2.70. The van der Waals surface area contributed by atoms with Crippen LogP contribution in [0.5, 0.6) is 0 Å². The van der Waals surface area contributed by atoms with Crippen molar-refractivity contribution in [1.29, 1.82) is 0 Å². The van der Waals surface area contributed by atoms with Gasteiger partial charge in [0.15, 0.2) is 10.8 Å². The Labute approximate surface area is 127 Å². The molecule has 0 bridgehead atoms. The molecule has 9 heteroatoms. The number of hydrogen-bond donors (Lipinski definition) is 1. The normalized spacial score (nSPS) is 10.5. The molecule has 0 fully saturated rings. The lowest BCUT2D eigenvalue weighted by Gasteiger charge is -2.04. The van der Waals surface area contributed by atoms with Crippen LogP contribution in [-0.2, 0) is 0 Å². The molecule has 0 radical (unpaired) electrons. The van der Waals surface area contributed by atoms with Crippen LogP contribution in [-0.4, -0.2) is 21.6 Å². The molecule has 0 aliphatic heterocycles. The molecule has 2 aromatic rings. The Morgan fingerprint density at radius 3 is 2.48 bits per heavy atom. The van der Waals surface area contributed by atoms with E-state index in [1.165, 1.54) is 6.92 Å². The monoisotopic (exact) mass is 333 g/mol. The smallest absolute Gasteiger partial charge is 0.277 e. The molecule has 110 valence electrons. The van der Waals surface area contributed by atoms with Gasteiger partial charge in [-0.3, -0.25) is 9.59 Å². The van der Waals surface area contributed by atoms with Gasteiger partial charge in [0.1, 0.15) is 16.7 Å². The average molecular weight is 334 g/mol. The highest BCUT2D eigenvalue weighted by molar-refractivity contribution is 6.44. The molecule has 0 saturated heterocycles. The van der Waals surface area contributed by atoms with Gasteiger partial charge in [-0.05, 0) is 12.1 Å². The number of aromatic nitrogens is 2. The largest absolute Gasteiger partial charge is 0.318 e. The van der Waals surface area contributed by atoms with Crippen LogP contribution in [0, 0.1) is 11.6 Å². The van der Waals surface area contributed by atoms with Crippen LogP contribution in [0.1, 0.15) is 22.2 Å². The molecule has 0 aliphatic rings. The zero-order chi connectivity index (χ0) is 15.7. The molecule has 2 rings (SSSR count). The molecule has 1 amide bonds. The van der Waals surface area contributed by atoms with Crippen molar-refractivity contribution in [2.45, 2.75) is 6.92 Å². The van der Waals surface area contributed by atoms with Gasteiger partial charge >= 0.3 is 0 Å². The zero-order valence-electron chi connectivity index (χ0n) is 10.5. The van der Waals surface area contributed by atoms with Crippen LogP contribution in [0.4, 0.5) is 14.5 Å². The quantitative estimate of drug-likeness (QED) is 0.916. The summed E-state index contributed by atoms with van der Waals surface area (Å²) in [4.78, 5) is 23.2. The van der Waals surface area contributed by atoms with Crippen molar-refractivity contribution in [2.75, 3.05) is 5.32 Å². The third-order valence-electron chi connectivity index (χ3n) is 2.47. The summed E-state index contributed by atoms with van der Waals surface area (Å²) < 4.78 is 27.0. The minimum absolute atomic E-state index is 0.228. The number of anilines is 1. The van der Waals surface area contributed by atoms with Gasteiger partial charge in [0.2, 0.25) is 5.91 Å². The summed E-state index contributed by atoms with van der Waals surface area (Å²) in [7, 11) is 0. The molecule has 0 spiro atoms. The van der Waals surface area contributed by atoms with Crippen molar-refractivity contribution in [3.63, 3.8) is 0 Å². The van der Waals surface area contributed by atoms with E-state index in [4.69, 9.17) is 23.2 Å². The van der Waals surface area contributed by atoms with E-state index in [-0.39, 0.29) is 21.6 Å². The molecule has 0 saturated carbocycles. The van der Waals surface area contributed by atoms with Crippen LogP contribution >= 0.6 is 23.2 Å². The number of benzene rings is 1. The van der Waals surface area contributed by atoms with E-state index in [2.05, 4.69) is 10.4 Å². The number of nitrogens with zero attached hydrogens (tertiary/aromatic N) is 2. The maximum atomic E-state index is 13.4. The number of carbonyl (C=O) groups is 2. The maximum Gasteiger partial charge on any atom is 0.277 e. The highest BCUT2D eigenvalue weighted by atomic mass is 35.5. The molecule has 0 unspecified atom stereocenters. The first-order valence-electron chi connectivity index (χ1n) is 5.52. The fourth-order valence-corrected chi connectivity index (χ4v) is 1.95. The standard InChI is InChI=1S/C12H7Cl2F2N3O2/c1-5(20)19-11(14)9(13)10(18-19)12(21)17-8-3-2-6(15)4-7(8)16/h2-4H,1H3,(H,17,21). The topological polar surface area (TPSA) is 64.0 Å². The fourth-order valence-electron chi connectivity index (χ4n) is 1.50. The van der Waals surface area contributed by atoms with Crippen molar-refractivity contribution in [2.24, 2.45) is 0 Å². The first kappa shape index (κ1) is 15.4. The van der Waals surface area contributed by atoms with Gasteiger partial charge in [0.05, 0.1) is 5.69 Å². The number of rotatable bonds is 2. The highest BCUT2D eigenvalue weighted by Gasteiger charge is 2.23. The highest BCUT2D eigenvalue weighted by Crippen LogP contribution is 2.26. The van der Waals surface area contributed by atoms with Crippen LogP contribution in [0.25, 0.3) is 0 Å². The lowest BCUT2D eigenvalue weighted by Crippen LogP contribution is -2.16. The fraction of sp³-hybridized carbons (Fsp3) is 0.0833. The Bertz CT molecular complexity index is 746. The van der Waals surface area contributed by atoms with E-state index in [1.54, 1.807) is 0 Å². The van der Waals surface area contributed by atoms with Crippen molar-refractivity contribution in [3.05, 3.63) is 45.7 Å². The van der Waals surface area contributed by atoms with E-state index < -0.39 is 23.4 Å². The molecular weight excluding hydrogens is 327 g/mol. The predicted molar refractivity (Wildman–Crippen MR) is 72.9 cm³/mol. The third-order valence-corrected chi connectivity index (χ3v) is 3.27. The van der Waals surface area contributed by atoms with E-state index in [9.17, 15) is 18.4 Å². The number of carbonyl (C=O) groups excluding carboxylic acids is 2. The van der Waals surface area contributed by atoms with Gasteiger partial charge in [0, 0.05) is 13.0 Å². The number of amides is 1. The lowest BCUT2D eigenvalue weighted by molar-refractivity contribution is 0.0920. The van der Waals surface area contributed by atoms with E-state index in [1.807, 2.05) is 0 Å². The summed E-state index contributed by atoms with van der Waals surface area (Å²) in [6, 6.07) is 2.62. The summed E-state index contributed by atoms with van der Waals surface area (Å²) in [6.45, 7) is 1.18. The second-order valence-corrected chi connectivity index (χ2v) is 4.70. The van der Waals surface area contributed by atoms with E-state index in [0.717, 1.165) is 16.8 Å². The summed E-state index contributed by atoms with van der Waals surface area (Å²) in [5, 5.41) is 5.34. The van der Waals surface area contributed by atoms with Crippen LogP contribution < -0.4 is 5.32 Å². The van der Waals surface area contributed by atoms with Gasteiger partial charge in [-0.15, -0.1) is 0 Å². The lowest BCUT2D eigenvalue weighted by atomic mass is 10.3. The second kappa shape index (κ2) is 5.79. The van der Waals surface area contributed by atoms with Gasteiger partial charge < -0.3 is 5.32 Å². The van der Waals surface area contributed by atoms with Crippen LogP contribution in [0.2, 0.25) is 10.2 Å². The minimum Gasteiger partial charge on any atom is -0.318 e. The van der Waals surface area contributed by atoms with Crippen LogP contribution in [0.3, 0.4) is 0 Å². The maximum absolute atomic E-state index is 13.4. The molecule has 1 aromatic carbocycles. The van der Waals surface area contributed by atoms with Gasteiger partial charge in [0.25, 0.3) is 5.91 Å². The summed E-state index contributed by atoms with van der Waals surface area (Å²) in [5.74, 6) is -3.18. The zero-order valence-corrected chi connectivity index (χ0v) is 12.0. The Hall–Kier alpha value is -1.99. The second-order valence-electron chi connectivity index (χ2n) is 3.96. The SMILES string of the molecule is CC(=O)n1nc(C(=O)Nc2ccc(F)cc2F)c(Cl)c1Cl. The number of nitrogens with one attached hydrogen (secondary N) is 1. The van der Waals surface area contributed by atoms with Gasteiger partial charge in [-0.25, -0.2) is 8.78 Å². The molecule has 21 heavy (non-hydrogen) atoms. The first-order chi connectivity index (χ1) is 9.81. The third kappa shape index (κ3) is 3.03. The number of hydrogen-bond acceptors (Lipinski definition) is 3. The van der Waals surface area contributed by atoms with Crippen molar-refractivity contribution in [1.82, 2.24) is 9.78 Å². The Balaban J connectivity index is 2.33. The van der Waals surface area contributed by atoms with Gasteiger partial charge in [-0.2, -0.15) is 9.78 Å². The molecule has 1 aromatic heterocycles. The Kier molecular flexibility index (Phi) is 4.24. The van der Waals surface area contributed by atoms with E-state index in [0.29, 0.717) is 6.07 Å². The van der Waals surface area contributed by atoms with Crippen molar-refractivity contribution >= 4 is 40.7 Å². The molecule has 1 N–H and O–H groups in total. The molecule has 0 atom stereocenters. The molecule has 5 nitrogen and oxygen atoms in total. The van der Waals surface area contributed by atoms with Gasteiger partial charge in [-0.1, -0.05) is 23.2 Å². The van der Waals surface area contributed by atoms with E-state index >= 15 is 0 Å². The summed E-state index contributed by atoms with van der Waals surface area (Å²) in [6.07, 6.45) is 0. The van der Waals surface area contributed by atoms with Crippen LogP contribution in [0.15, 0.2) is 18.2 Å².